The van der Waals surface area contributed by atoms with E-state index in [0.29, 0.717) is 24.2 Å². The number of aromatic nitrogens is 2. The Hall–Kier alpha value is -1.88. The van der Waals surface area contributed by atoms with Crippen LogP contribution in [0.4, 0.5) is 0 Å². The van der Waals surface area contributed by atoms with Crippen molar-refractivity contribution >= 4 is 0 Å². The quantitative estimate of drug-likeness (QED) is 0.809. The predicted octanol–water partition coefficient (Wildman–Crippen LogP) is 2.60. The van der Waals surface area contributed by atoms with E-state index in [0.717, 1.165) is 30.7 Å². The standard InChI is InChI=1S/C16H23N3O2/c1-4-17-12(2)9-10-16-18-15(19-21-16)11-13-7-5-6-8-14(13)20-3/h5-8,12,17H,4,9-11H2,1-3H3. The van der Waals surface area contributed by atoms with E-state index in [1.165, 1.54) is 0 Å². The molecule has 0 spiro atoms. The lowest BCUT2D eigenvalue weighted by molar-refractivity contribution is 0.363. The van der Waals surface area contributed by atoms with Crippen molar-refractivity contribution in [2.45, 2.75) is 39.2 Å². The number of aryl methyl sites for hydroxylation is 1. The molecule has 1 N–H and O–H groups in total. The third kappa shape index (κ3) is 4.56. The molecule has 21 heavy (non-hydrogen) atoms. The topological polar surface area (TPSA) is 60.2 Å². The van der Waals surface area contributed by atoms with Crippen LogP contribution in [0.15, 0.2) is 28.8 Å². The Labute approximate surface area is 125 Å². The highest BCUT2D eigenvalue weighted by atomic mass is 16.5. The molecule has 1 unspecified atom stereocenters. The second kappa shape index (κ2) is 7.78. The van der Waals surface area contributed by atoms with Crippen LogP contribution in [0.25, 0.3) is 0 Å². The van der Waals surface area contributed by atoms with Gasteiger partial charge in [0, 0.05) is 24.4 Å². The highest BCUT2D eigenvalue weighted by molar-refractivity contribution is 5.35. The van der Waals surface area contributed by atoms with Crippen molar-refractivity contribution in [1.29, 1.82) is 0 Å². The number of ether oxygens (including phenoxy) is 1. The number of hydrogen-bond acceptors (Lipinski definition) is 5. The van der Waals surface area contributed by atoms with Crippen LogP contribution >= 0.6 is 0 Å². The molecular weight excluding hydrogens is 266 g/mol. The van der Waals surface area contributed by atoms with Crippen LogP contribution in [0, 0.1) is 0 Å². The molecule has 0 aliphatic carbocycles. The van der Waals surface area contributed by atoms with Crippen molar-refractivity contribution in [1.82, 2.24) is 15.5 Å². The van der Waals surface area contributed by atoms with Crippen molar-refractivity contribution in [2.75, 3.05) is 13.7 Å². The molecule has 0 amide bonds. The van der Waals surface area contributed by atoms with Crippen molar-refractivity contribution in [3.8, 4) is 5.75 Å². The van der Waals surface area contributed by atoms with Gasteiger partial charge in [-0.05, 0) is 26.0 Å². The Morgan fingerprint density at radius 1 is 1.33 bits per heavy atom. The third-order valence-corrected chi connectivity index (χ3v) is 3.40. The van der Waals surface area contributed by atoms with Gasteiger partial charge in [0.05, 0.1) is 7.11 Å². The van der Waals surface area contributed by atoms with E-state index in [1.54, 1.807) is 7.11 Å². The van der Waals surface area contributed by atoms with Gasteiger partial charge in [-0.15, -0.1) is 0 Å². The first-order valence-corrected chi connectivity index (χ1v) is 7.39. The number of para-hydroxylation sites is 1. The zero-order valence-corrected chi connectivity index (χ0v) is 12.9. The molecule has 0 bridgehead atoms. The Kier molecular flexibility index (Phi) is 5.75. The number of nitrogens with one attached hydrogen (secondary N) is 1. The van der Waals surface area contributed by atoms with Crippen molar-refractivity contribution in [2.24, 2.45) is 0 Å². The Morgan fingerprint density at radius 3 is 2.90 bits per heavy atom. The highest BCUT2D eigenvalue weighted by Gasteiger charge is 2.11. The minimum atomic E-state index is 0.458. The molecule has 0 radical (unpaired) electrons. The molecule has 0 aliphatic rings. The van der Waals surface area contributed by atoms with Crippen LogP contribution in [-0.2, 0) is 12.8 Å². The smallest absolute Gasteiger partial charge is 0.226 e. The predicted molar refractivity (Wildman–Crippen MR) is 81.6 cm³/mol. The maximum Gasteiger partial charge on any atom is 0.226 e. The molecule has 1 heterocycles. The van der Waals surface area contributed by atoms with Crippen LogP contribution in [-0.4, -0.2) is 29.8 Å². The summed E-state index contributed by atoms with van der Waals surface area (Å²) in [6.07, 6.45) is 2.41. The van der Waals surface area contributed by atoms with Gasteiger partial charge in [-0.2, -0.15) is 4.98 Å². The van der Waals surface area contributed by atoms with Crippen LogP contribution in [0.5, 0.6) is 5.75 Å². The summed E-state index contributed by atoms with van der Waals surface area (Å²) in [5.74, 6) is 2.25. The van der Waals surface area contributed by atoms with Crippen LogP contribution in [0.3, 0.4) is 0 Å². The monoisotopic (exact) mass is 289 g/mol. The van der Waals surface area contributed by atoms with Crippen molar-refractivity contribution < 1.29 is 9.26 Å². The average Bonchev–Trinajstić information content (AvgIpc) is 2.94. The number of rotatable bonds is 8. The molecule has 5 heteroatoms. The van der Waals surface area contributed by atoms with E-state index >= 15 is 0 Å². The Morgan fingerprint density at radius 2 is 2.14 bits per heavy atom. The van der Waals surface area contributed by atoms with Crippen LogP contribution in [0.2, 0.25) is 0 Å². The van der Waals surface area contributed by atoms with Crippen molar-refractivity contribution in [3.05, 3.63) is 41.5 Å². The summed E-state index contributed by atoms with van der Waals surface area (Å²) >= 11 is 0. The van der Waals surface area contributed by atoms with Gasteiger partial charge in [0.25, 0.3) is 0 Å². The zero-order chi connectivity index (χ0) is 15.1. The molecule has 0 saturated carbocycles. The first kappa shape index (κ1) is 15.5. The van der Waals surface area contributed by atoms with Crippen LogP contribution in [0.1, 0.15) is 37.5 Å². The third-order valence-electron chi connectivity index (χ3n) is 3.40. The molecular formula is C16H23N3O2. The van der Waals surface area contributed by atoms with Gasteiger partial charge in [0.1, 0.15) is 5.75 Å². The molecule has 114 valence electrons. The summed E-state index contributed by atoms with van der Waals surface area (Å²) < 4.78 is 10.6. The number of methoxy groups -OCH3 is 1. The largest absolute Gasteiger partial charge is 0.496 e. The summed E-state index contributed by atoms with van der Waals surface area (Å²) in [5, 5.41) is 7.42. The van der Waals surface area contributed by atoms with Gasteiger partial charge in [-0.3, -0.25) is 0 Å². The van der Waals surface area contributed by atoms with Gasteiger partial charge >= 0.3 is 0 Å². The first-order chi connectivity index (χ1) is 10.2. The Bertz CT molecular complexity index is 554. The second-order valence-electron chi connectivity index (χ2n) is 5.09. The fourth-order valence-corrected chi connectivity index (χ4v) is 2.27. The summed E-state index contributed by atoms with van der Waals surface area (Å²) in [6, 6.07) is 8.35. The van der Waals surface area contributed by atoms with Gasteiger partial charge < -0.3 is 14.6 Å². The molecule has 2 rings (SSSR count). The first-order valence-electron chi connectivity index (χ1n) is 7.39. The molecule has 2 aromatic rings. The lowest BCUT2D eigenvalue weighted by Gasteiger charge is -2.09. The fraction of sp³-hybridized carbons (Fsp3) is 0.500. The minimum Gasteiger partial charge on any atom is -0.496 e. The summed E-state index contributed by atoms with van der Waals surface area (Å²) in [5.41, 5.74) is 1.06. The van der Waals surface area contributed by atoms with Gasteiger partial charge in [-0.25, -0.2) is 0 Å². The fourth-order valence-electron chi connectivity index (χ4n) is 2.27. The molecule has 1 atom stereocenters. The molecule has 1 aromatic carbocycles. The molecule has 1 aromatic heterocycles. The van der Waals surface area contributed by atoms with E-state index in [4.69, 9.17) is 9.26 Å². The number of benzene rings is 1. The van der Waals surface area contributed by atoms with Crippen LogP contribution < -0.4 is 10.1 Å². The summed E-state index contributed by atoms with van der Waals surface area (Å²) in [6.45, 7) is 5.24. The summed E-state index contributed by atoms with van der Waals surface area (Å²) in [4.78, 5) is 4.45. The van der Waals surface area contributed by atoms with E-state index in [2.05, 4.69) is 29.3 Å². The Balaban J connectivity index is 1.94. The molecule has 0 saturated heterocycles. The maximum absolute atomic E-state index is 5.34. The second-order valence-corrected chi connectivity index (χ2v) is 5.09. The lowest BCUT2D eigenvalue weighted by Crippen LogP contribution is -2.25. The molecule has 0 aliphatic heterocycles. The number of hydrogen-bond donors (Lipinski definition) is 1. The zero-order valence-electron chi connectivity index (χ0n) is 12.9. The number of nitrogens with zero attached hydrogens (tertiary/aromatic N) is 2. The van der Waals surface area contributed by atoms with Gasteiger partial charge in [0.2, 0.25) is 5.89 Å². The highest BCUT2D eigenvalue weighted by Crippen LogP contribution is 2.19. The average molecular weight is 289 g/mol. The van der Waals surface area contributed by atoms with Gasteiger partial charge in [0.15, 0.2) is 5.82 Å². The van der Waals surface area contributed by atoms with Gasteiger partial charge in [-0.1, -0.05) is 30.3 Å². The van der Waals surface area contributed by atoms with E-state index < -0.39 is 0 Å². The van der Waals surface area contributed by atoms with E-state index in [-0.39, 0.29) is 0 Å². The molecule has 0 fully saturated rings. The minimum absolute atomic E-state index is 0.458. The normalized spacial score (nSPS) is 12.3. The summed E-state index contributed by atoms with van der Waals surface area (Å²) in [7, 11) is 1.67. The lowest BCUT2D eigenvalue weighted by atomic mass is 10.1. The van der Waals surface area contributed by atoms with E-state index in [1.807, 2.05) is 24.3 Å². The SMILES string of the molecule is CCNC(C)CCc1nc(Cc2ccccc2OC)no1. The van der Waals surface area contributed by atoms with E-state index in [9.17, 15) is 0 Å². The molecule has 5 nitrogen and oxygen atoms in total. The van der Waals surface area contributed by atoms with Crippen molar-refractivity contribution in [3.63, 3.8) is 0 Å². The maximum atomic E-state index is 5.34.